The molecule has 0 saturated heterocycles. The first-order chi connectivity index (χ1) is 8.69. The van der Waals surface area contributed by atoms with E-state index in [1.54, 1.807) is 20.1 Å². The Morgan fingerprint density at radius 3 is 2.67 bits per heavy atom. The van der Waals surface area contributed by atoms with Crippen LogP contribution in [0.1, 0.15) is 11.5 Å². The van der Waals surface area contributed by atoms with Crippen LogP contribution < -0.4 is 15.0 Å². The van der Waals surface area contributed by atoms with E-state index in [1.165, 1.54) is 6.07 Å². The lowest BCUT2D eigenvalue weighted by Gasteiger charge is -2.09. The highest BCUT2D eigenvalue weighted by Gasteiger charge is 2.04. The third kappa shape index (κ3) is 2.88. The van der Waals surface area contributed by atoms with Crippen LogP contribution in [0.25, 0.3) is 0 Å². The number of ether oxygens (including phenoxy) is 2. The van der Waals surface area contributed by atoms with E-state index >= 15 is 0 Å². The highest BCUT2D eigenvalue weighted by molar-refractivity contribution is 5.39. The molecule has 5 nitrogen and oxygen atoms in total. The molecule has 18 heavy (non-hydrogen) atoms. The predicted octanol–water partition coefficient (Wildman–Crippen LogP) is 1.67. The maximum atomic E-state index is 11.3. The number of nitrogens with one attached hydrogen (secondary N) is 1. The van der Waals surface area contributed by atoms with Gasteiger partial charge in [0.15, 0.2) is 11.5 Å². The average molecular weight is 246 g/mol. The highest BCUT2D eigenvalue weighted by Crippen LogP contribution is 2.26. The lowest BCUT2D eigenvalue weighted by molar-refractivity contribution is 0.276. The number of para-hydroxylation sites is 2. The first-order valence-corrected chi connectivity index (χ1v) is 5.51. The van der Waals surface area contributed by atoms with Gasteiger partial charge in [0.05, 0.1) is 7.11 Å². The summed E-state index contributed by atoms with van der Waals surface area (Å²) in [6.45, 7) is 1.96. The zero-order chi connectivity index (χ0) is 13.0. The van der Waals surface area contributed by atoms with E-state index in [9.17, 15) is 4.79 Å². The van der Waals surface area contributed by atoms with E-state index in [0.29, 0.717) is 23.0 Å². The Bertz CT molecular complexity index is 593. The zero-order valence-electron chi connectivity index (χ0n) is 10.3. The van der Waals surface area contributed by atoms with Gasteiger partial charge >= 0.3 is 0 Å². The molecule has 0 amide bonds. The molecule has 5 heteroatoms. The molecular weight excluding hydrogens is 232 g/mol. The van der Waals surface area contributed by atoms with Crippen LogP contribution in [-0.2, 0) is 6.61 Å². The van der Waals surface area contributed by atoms with Gasteiger partial charge in [0.2, 0.25) is 0 Å². The minimum atomic E-state index is -0.180. The first-order valence-electron chi connectivity index (χ1n) is 5.51. The monoisotopic (exact) mass is 246 g/mol. The minimum Gasteiger partial charge on any atom is -0.493 e. The van der Waals surface area contributed by atoms with E-state index in [2.05, 4.69) is 9.97 Å². The Morgan fingerprint density at radius 2 is 2.00 bits per heavy atom. The van der Waals surface area contributed by atoms with Crippen molar-refractivity contribution in [2.45, 2.75) is 13.5 Å². The number of H-pyrrole nitrogens is 1. The molecule has 1 aromatic carbocycles. The Hall–Kier alpha value is -2.30. The summed E-state index contributed by atoms with van der Waals surface area (Å²) in [6, 6.07) is 8.75. The summed E-state index contributed by atoms with van der Waals surface area (Å²) in [7, 11) is 1.58. The van der Waals surface area contributed by atoms with Crippen molar-refractivity contribution < 1.29 is 9.47 Å². The van der Waals surface area contributed by atoms with Crippen LogP contribution in [0.3, 0.4) is 0 Å². The molecule has 0 unspecified atom stereocenters. The number of nitrogens with zero attached hydrogens (tertiary/aromatic N) is 1. The molecule has 0 radical (unpaired) electrons. The van der Waals surface area contributed by atoms with Gasteiger partial charge in [-0.2, -0.15) is 0 Å². The number of aromatic nitrogens is 2. The second kappa shape index (κ2) is 5.35. The lowest BCUT2D eigenvalue weighted by Crippen LogP contribution is -2.13. The van der Waals surface area contributed by atoms with Crippen LogP contribution >= 0.6 is 0 Å². The van der Waals surface area contributed by atoms with E-state index in [4.69, 9.17) is 9.47 Å². The van der Waals surface area contributed by atoms with Gasteiger partial charge in [0.25, 0.3) is 5.56 Å². The van der Waals surface area contributed by atoms with Gasteiger partial charge in [-0.3, -0.25) is 4.79 Å². The van der Waals surface area contributed by atoms with E-state index in [1.807, 2.05) is 18.2 Å². The van der Waals surface area contributed by atoms with Crippen molar-refractivity contribution in [3.8, 4) is 11.5 Å². The third-order valence-electron chi connectivity index (χ3n) is 2.35. The van der Waals surface area contributed by atoms with Crippen LogP contribution in [0.15, 0.2) is 35.1 Å². The minimum absolute atomic E-state index is 0.180. The van der Waals surface area contributed by atoms with Crippen LogP contribution in [-0.4, -0.2) is 17.1 Å². The summed E-state index contributed by atoms with van der Waals surface area (Å²) in [6.07, 6.45) is 0. The quantitative estimate of drug-likeness (QED) is 0.891. The van der Waals surface area contributed by atoms with Crippen molar-refractivity contribution in [2.75, 3.05) is 7.11 Å². The van der Waals surface area contributed by atoms with Gasteiger partial charge in [-0.25, -0.2) is 4.98 Å². The Labute approximate surface area is 104 Å². The summed E-state index contributed by atoms with van der Waals surface area (Å²) < 4.78 is 10.7. The maximum Gasteiger partial charge on any atom is 0.251 e. The largest absolute Gasteiger partial charge is 0.493 e. The summed E-state index contributed by atoms with van der Waals surface area (Å²) in [4.78, 5) is 18.1. The van der Waals surface area contributed by atoms with Gasteiger partial charge in [0, 0.05) is 11.8 Å². The zero-order valence-corrected chi connectivity index (χ0v) is 10.3. The van der Waals surface area contributed by atoms with Gasteiger partial charge in [-0.15, -0.1) is 0 Å². The van der Waals surface area contributed by atoms with Crippen molar-refractivity contribution in [2.24, 2.45) is 0 Å². The SMILES string of the molecule is COc1ccccc1OCc1nc(C)cc(=O)[nH]1. The molecule has 0 spiro atoms. The van der Waals surface area contributed by atoms with E-state index in [-0.39, 0.29) is 12.2 Å². The smallest absolute Gasteiger partial charge is 0.251 e. The van der Waals surface area contributed by atoms with Crippen molar-refractivity contribution in [3.63, 3.8) is 0 Å². The number of aryl methyl sites for hydroxylation is 1. The Morgan fingerprint density at radius 1 is 1.28 bits per heavy atom. The molecule has 2 rings (SSSR count). The third-order valence-corrected chi connectivity index (χ3v) is 2.35. The van der Waals surface area contributed by atoms with E-state index in [0.717, 1.165) is 0 Å². The molecule has 2 aromatic rings. The first kappa shape index (κ1) is 12.2. The molecule has 0 atom stereocenters. The van der Waals surface area contributed by atoms with Crippen LogP contribution in [0.5, 0.6) is 11.5 Å². The molecular formula is C13H14N2O3. The number of aromatic amines is 1. The number of rotatable bonds is 4. The summed E-state index contributed by atoms with van der Waals surface area (Å²) in [5.41, 5.74) is 0.485. The molecule has 0 aliphatic rings. The molecule has 1 heterocycles. The van der Waals surface area contributed by atoms with Gasteiger partial charge in [0.1, 0.15) is 12.4 Å². The van der Waals surface area contributed by atoms with Gasteiger partial charge < -0.3 is 14.5 Å². The lowest BCUT2D eigenvalue weighted by atomic mass is 10.3. The molecule has 0 aliphatic carbocycles. The second-order valence-corrected chi connectivity index (χ2v) is 3.77. The standard InChI is InChI=1S/C13H14N2O3/c1-9-7-13(16)15-12(14-9)8-18-11-6-4-3-5-10(11)17-2/h3-7H,8H2,1-2H3,(H,14,15,16). The van der Waals surface area contributed by atoms with Crippen molar-refractivity contribution in [1.29, 1.82) is 0 Å². The van der Waals surface area contributed by atoms with Crippen molar-refractivity contribution >= 4 is 0 Å². The molecule has 0 fully saturated rings. The molecule has 1 aromatic heterocycles. The number of methoxy groups -OCH3 is 1. The van der Waals surface area contributed by atoms with Crippen molar-refractivity contribution in [3.05, 3.63) is 52.2 Å². The molecule has 0 bridgehead atoms. The molecule has 94 valence electrons. The number of hydrogen-bond donors (Lipinski definition) is 1. The fraction of sp³-hybridized carbons (Fsp3) is 0.231. The molecule has 0 aliphatic heterocycles. The topological polar surface area (TPSA) is 64.2 Å². The fourth-order valence-corrected chi connectivity index (χ4v) is 1.59. The Kier molecular flexibility index (Phi) is 3.62. The van der Waals surface area contributed by atoms with Crippen LogP contribution in [0.2, 0.25) is 0 Å². The fourth-order valence-electron chi connectivity index (χ4n) is 1.59. The predicted molar refractivity (Wildman–Crippen MR) is 66.9 cm³/mol. The Balaban J connectivity index is 2.13. The van der Waals surface area contributed by atoms with Crippen LogP contribution in [0.4, 0.5) is 0 Å². The normalized spacial score (nSPS) is 10.1. The molecule has 0 saturated carbocycles. The summed E-state index contributed by atoms with van der Waals surface area (Å²) >= 11 is 0. The summed E-state index contributed by atoms with van der Waals surface area (Å²) in [5, 5.41) is 0. The second-order valence-electron chi connectivity index (χ2n) is 3.77. The van der Waals surface area contributed by atoms with Crippen molar-refractivity contribution in [1.82, 2.24) is 9.97 Å². The van der Waals surface area contributed by atoms with Crippen LogP contribution in [0, 0.1) is 6.92 Å². The number of hydrogen-bond acceptors (Lipinski definition) is 4. The van der Waals surface area contributed by atoms with E-state index < -0.39 is 0 Å². The highest BCUT2D eigenvalue weighted by atomic mass is 16.5. The summed E-state index contributed by atoms with van der Waals surface area (Å²) in [5.74, 6) is 1.75. The number of benzene rings is 1. The average Bonchev–Trinajstić information content (AvgIpc) is 2.35. The maximum absolute atomic E-state index is 11.3. The van der Waals surface area contributed by atoms with Gasteiger partial charge in [-0.1, -0.05) is 12.1 Å². The molecule has 1 N–H and O–H groups in total. The van der Waals surface area contributed by atoms with Gasteiger partial charge in [-0.05, 0) is 19.1 Å².